The van der Waals surface area contributed by atoms with Gasteiger partial charge in [0.05, 0.1) is 13.2 Å². The Balaban J connectivity index is 1.86. The molecule has 1 unspecified atom stereocenters. The second kappa shape index (κ2) is 7.96. The third-order valence-corrected chi connectivity index (χ3v) is 4.44. The number of carbonyl (C=O) groups excluding carboxylic acids is 1. The Morgan fingerprint density at radius 2 is 2.20 bits per heavy atom. The van der Waals surface area contributed by atoms with Gasteiger partial charge >= 0.3 is 0 Å². The first-order chi connectivity index (χ1) is 9.72. The molecule has 0 aromatic carbocycles. The minimum Gasteiger partial charge on any atom is -0.383 e. The zero-order valence-corrected chi connectivity index (χ0v) is 12.9. The lowest BCUT2D eigenvalue weighted by atomic mass is 10.1. The Hall–Kier alpha value is -0.650. The van der Waals surface area contributed by atoms with Gasteiger partial charge < -0.3 is 15.0 Å². The van der Waals surface area contributed by atoms with Crippen molar-refractivity contribution in [2.75, 3.05) is 53.0 Å². The van der Waals surface area contributed by atoms with Crippen LogP contribution in [0.1, 0.15) is 26.2 Å². The summed E-state index contributed by atoms with van der Waals surface area (Å²) in [5.74, 6) is 0.977. The van der Waals surface area contributed by atoms with Crippen molar-refractivity contribution in [3.63, 3.8) is 0 Å². The summed E-state index contributed by atoms with van der Waals surface area (Å²) in [5.41, 5.74) is 0. The summed E-state index contributed by atoms with van der Waals surface area (Å²) >= 11 is 0. The predicted molar refractivity (Wildman–Crippen MR) is 79.7 cm³/mol. The molecule has 5 nitrogen and oxygen atoms in total. The van der Waals surface area contributed by atoms with E-state index in [9.17, 15) is 4.79 Å². The van der Waals surface area contributed by atoms with Gasteiger partial charge in [-0.15, -0.1) is 0 Å². The molecule has 1 aliphatic heterocycles. The number of carbonyl (C=O) groups is 1. The number of amides is 1. The average Bonchev–Trinajstić information content (AvgIpc) is 3.26. The van der Waals surface area contributed by atoms with E-state index in [-0.39, 0.29) is 5.91 Å². The van der Waals surface area contributed by atoms with E-state index >= 15 is 0 Å². The third-order valence-electron chi connectivity index (χ3n) is 4.44. The molecule has 0 radical (unpaired) electrons. The van der Waals surface area contributed by atoms with Gasteiger partial charge in [-0.2, -0.15) is 0 Å². The predicted octanol–water partition coefficient (Wildman–Crippen LogP) is 0.555. The molecule has 1 atom stereocenters. The number of hydrogen-bond donors (Lipinski definition) is 1. The molecule has 0 spiro atoms. The summed E-state index contributed by atoms with van der Waals surface area (Å²) in [7, 11) is 1.70. The van der Waals surface area contributed by atoms with Crippen LogP contribution >= 0.6 is 0 Å². The standard InChI is InChI=1S/C15H29N3O2/c1-13(14-4-5-14)18(10-11-20-2)15(19)12-17-8-3-6-16-7-9-17/h13-14,16H,3-12H2,1-2H3. The van der Waals surface area contributed by atoms with E-state index in [2.05, 4.69) is 17.1 Å². The van der Waals surface area contributed by atoms with Crippen molar-refractivity contribution in [2.45, 2.75) is 32.2 Å². The van der Waals surface area contributed by atoms with Crippen molar-refractivity contribution in [3.05, 3.63) is 0 Å². The number of methoxy groups -OCH3 is 1. The van der Waals surface area contributed by atoms with Gasteiger partial charge in [0.2, 0.25) is 5.91 Å². The summed E-state index contributed by atoms with van der Waals surface area (Å²) < 4.78 is 5.17. The van der Waals surface area contributed by atoms with Crippen molar-refractivity contribution >= 4 is 5.91 Å². The molecular weight excluding hydrogens is 254 g/mol. The van der Waals surface area contributed by atoms with Gasteiger partial charge in [0, 0.05) is 32.8 Å². The lowest BCUT2D eigenvalue weighted by Crippen LogP contribution is -2.47. The van der Waals surface area contributed by atoms with Crippen LogP contribution in [0, 0.1) is 5.92 Å². The SMILES string of the molecule is COCCN(C(=O)CN1CCCNCC1)C(C)C1CC1. The monoisotopic (exact) mass is 283 g/mol. The van der Waals surface area contributed by atoms with E-state index in [1.807, 2.05) is 4.90 Å². The Morgan fingerprint density at radius 3 is 2.90 bits per heavy atom. The molecule has 2 rings (SSSR count). The van der Waals surface area contributed by atoms with E-state index in [0.717, 1.165) is 39.1 Å². The van der Waals surface area contributed by atoms with E-state index in [1.165, 1.54) is 12.8 Å². The van der Waals surface area contributed by atoms with Crippen LogP contribution in [0.25, 0.3) is 0 Å². The van der Waals surface area contributed by atoms with Gasteiger partial charge in [0.25, 0.3) is 0 Å². The van der Waals surface area contributed by atoms with Gasteiger partial charge in [-0.05, 0) is 45.2 Å². The van der Waals surface area contributed by atoms with Crippen molar-refractivity contribution in [1.29, 1.82) is 0 Å². The number of ether oxygens (including phenoxy) is 1. The number of nitrogens with one attached hydrogen (secondary N) is 1. The fraction of sp³-hybridized carbons (Fsp3) is 0.933. The van der Waals surface area contributed by atoms with Gasteiger partial charge in [-0.3, -0.25) is 9.69 Å². The lowest BCUT2D eigenvalue weighted by molar-refractivity contribution is -0.135. The molecule has 1 N–H and O–H groups in total. The van der Waals surface area contributed by atoms with Crippen molar-refractivity contribution in [1.82, 2.24) is 15.1 Å². The quantitative estimate of drug-likeness (QED) is 0.741. The van der Waals surface area contributed by atoms with Crippen LogP contribution in [0.4, 0.5) is 0 Å². The lowest BCUT2D eigenvalue weighted by Gasteiger charge is -2.31. The molecule has 1 saturated carbocycles. The highest BCUT2D eigenvalue weighted by Gasteiger charge is 2.34. The Kier molecular flexibility index (Phi) is 6.26. The van der Waals surface area contributed by atoms with Crippen molar-refractivity contribution in [2.24, 2.45) is 5.92 Å². The maximum atomic E-state index is 12.6. The van der Waals surface area contributed by atoms with Crippen LogP contribution in [0.5, 0.6) is 0 Å². The number of rotatable bonds is 7. The highest BCUT2D eigenvalue weighted by atomic mass is 16.5. The summed E-state index contributed by atoms with van der Waals surface area (Å²) in [4.78, 5) is 16.9. The Morgan fingerprint density at radius 1 is 1.40 bits per heavy atom. The fourth-order valence-electron chi connectivity index (χ4n) is 2.92. The van der Waals surface area contributed by atoms with Crippen LogP contribution in [0.15, 0.2) is 0 Å². The molecule has 1 heterocycles. The van der Waals surface area contributed by atoms with Gasteiger partial charge in [0.1, 0.15) is 0 Å². The van der Waals surface area contributed by atoms with E-state index < -0.39 is 0 Å². The third kappa shape index (κ3) is 4.72. The van der Waals surface area contributed by atoms with Gasteiger partial charge in [-0.25, -0.2) is 0 Å². The molecule has 2 aliphatic rings. The molecule has 0 aromatic rings. The first kappa shape index (κ1) is 15.7. The minimum absolute atomic E-state index is 0.267. The molecule has 2 fully saturated rings. The summed E-state index contributed by atoms with van der Waals surface area (Å²) in [5, 5.41) is 3.38. The summed E-state index contributed by atoms with van der Waals surface area (Å²) in [6, 6.07) is 0.364. The van der Waals surface area contributed by atoms with Crippen LogP contribution in [-0.2, 0) is 9.53 Å². The van der Waals surface area contributed by atoms with Gasteiger partial charge in [0.15, 0.2) is 0 Å². The smallest absolute Gasteiger partial charge is 0.237 e. The molecule has 20 heavy (non-hydrogen) atoms. The van der Waals surface area contributed by atoms with Crippen molar-refractivity contribution in [3.8, 4) is 0 Å². The first-order valence-electron chi connectivity index (χ1n) is 7.94. The maximum absolute atomic E-state index is 12.6. The number of nitrogens with zero attached hydrogens (tertiary/aromatic N) is 2. The van der Waals surface area contributed by atoms with Gasteiger partial charge in [-0.1, -0.05) is 0 Å². The molecule has 116 valence electrons. The highest BCUT2D eigenvalue weighted by Crippen LogP contribution is 2.35. The Labute approximate surface area is 122 Å². The molecule has 0 bridgehead atoms. The zero-order valence-electron chi connectivity index (χ0n) is 12.9. The largest absolute Gasteiger partial charge is 0.383 e. The van der Waals surface area contributed by atoms with Crippen LogP contribution < -0.4 is 5.32 Å². The summed E-state index contributed by atoms with van der Waals surface area (Å²) in [6.07, 6.45) is 3.67. The second-order valence-electron chi connectivity index (χ2n) is 6.04. The minimum atomic E-state index is 0.267. The topological polar surface area (TPSA) is 44.8 Å². The van der Waals surface area contributed by atoms with E-state index in [0.29, 0.717) is 25.1 Å². The highest BCUT2D eigenvalue weighted by molar-refractivity contribution is 5.78. The molecule has 1 aliphatic carbocycles. The average molecular weight is 283 g/mol. The maximum Gasteiger partial charge on any atom is 0.237 e. The molecule has 1 saturated heterocycles. The fourth-order valence-corrected chi connectivity index (χ4v) is 2.92. The Bertz CT molecular complexity index is 299. The number of hydrogen-bond acceptors (Lipinski definition) is 4. The summed E-state index contributed by atoms with van der Waals surface area (Å²) in [6.45, 7) is 8.15. The molecule has 1 amide bonds. The molecule has 0 aromatic heterocycles. The van der Waals surface area contributed by atoms with Crippen LogP contribution in [-0.4, -0.2) is 74.7 Å². The van der Waals surface area contributed by atoms with Crippen molar-refractivity contribution < 1.29 is 9.53 Å². The van der Waals surface area contributed by atoms with E-state index in [4.69, 9.17) is 4.74 Å². The molecular formula is C15H29N3O2. The van der Waals surface area contributed by atoms with Crippen LogP contribution in [0.2, 0.25) is 0 Å². The second-order valence-corrected chi connectivity index (χ2v) is 6.04. The van der Waals surface area contributed by atoms with E-state index in [1.54, 1.807) is 7.11 Å². The molecule has 5 heteroatoms. The normalized spacial score (nSPS) is 22.3. The first-order valence-corrected chi connectivity index (χ1v) is 7.94. The zero-order chi connectivity index (χ0) is 14.4. The van der Waals surface area contributed by atoms with Crippen LogP contribution in [0.3, 0.4) is 0 Å².